The van der Waals surface area contributed by atoms with Crippen molar-refractivity contribution in [3.05, 3.63) is 35.4 Å². The van der Waals surface area contributed by atoms with E-state index in [2.05, 4.69) is 43.4 Å². The molecule has 17 heavy (non-hydrogen) atoms. The van der Waals surface area contributed by atoms with Crippen LogP contribution >= 0.6 is 0 Å². The van der Waals surface area contributed by atoms with Gasteiger partial charge in [-0.2, -0.15) is 0 Å². The van der Waals surface area contributed by atoms with Gasteiger partial charge in [-0.3, -0.25) is 0 Å². The molecule has 0 amide bonds. The molecule has 94 valence electrons. The Kier molecular flexibility index (Phi) is 4.19. The maximum absolute atomic E-state index is 8.86. The Hall–Kier alpha value is -0.860. The maximum atomic E-state index is 8.86. The number of aryl methyl sites for hydroxylation is 1. The van der Waals surface area contributed by atoms with Gasteiger partial charge in [0.15, 0.2) is 0 Å². The van der Waals surface area contributed by atoms with Crippen molar-refractivity contribution in [2.24, 2.45) is 0 Å². The summed E-state index contributed by atoms with van der Waals surface area (Å²) < 4.78 is 0. The smallest absolute Gasteiger partial charge is 0.0445 e. The Morgan fingerprint density at radius 3 is 2.82 bits per heavy atom. The SMILES string of the molecule is Cc1cccc(C2CC(NC(C)CCO)C2)c1. The average Bonchev–Trinajstić information content (AvgIpc) is 2.23. The van der Waals surface area contributed by atoms with E-state index in [-0.39, 0.29) is 6.61 Å². The van der Waals surface area contributed by atoms with E-state index in [0.29, 0.717) is 12.1 Å². The zero-order valence-electron chi connectivity index (χ0n) is 10.8. The molecule has 0 saturated heterocycles. The molecule has 0 aromatic heterocycles. The molecule has 2 heteroatoms. The van der Waals surface area contributed by atoms with Crippen LogP contribution in [0.25, 0.3) is 0 Å². The Morgan fingerprint density at radius 2 is 2.18 bits per heavy atom. The number of benzene rings is 1. The fourth-order valence-electron chi connectivity index (χ4n) is 2.63. The zero-order valence-corrected chi connectivity index (χ0v) is 10.8. The van der Waals surface area contributed by atoms with Crippen molar-refractivity contribution in [3.63, 3.8) is 0 Å². The quantitative estimate of drug-likeness (QED) is 0.819. The molecule has 1 unspecified atom stereocenters. The summed E-state index contributed by atoms with van der Waals surface area (Å²) >= 11 is 0. The van der Waals surface area contributed by atoms with Crippen LogP contribution in [0.5, 0.6) is 0 Å². The third kappa shape index (κ3) is 3.30. The molecule has 0 spiro atoms. The predicted octanol–water partition coefficient (Wildman–Crippen LogP) is 2.60. The molecule has 1 aliphatic rings. The predicted molar refractivity (Wildman–Crippen MR) is 71.2 cm³/mol. The molecule has 1 atom stereocenters. The van der Waals surface area contributed by atoms with E-state index in [9.17, 15) is 0 Å². The molecule has 1 aromatic rings. The lowest BCUT2D eigenvalue weighted by molar-refractivity contribution is 0.230. The summed E-state index contributed by atoms with van der Waals surface area (Å²) in [7, 11) is 0. The second kappa shape index (κ2) is 5.65. The van der Waals surface area contributed by atoms with Gasteiger partial charge in [0.1, 0.15) is 0 Å². The van der Waals surface area contributed by atoms with Crippen LogP contribution in [-0.2, 0) is 0 Å². The van der Waals surface area contributed by atoms with E-state index < -0.39 is 0 Å². The van der Waals surface area contributed by atoms with E-state index >= 15 is 0 Å². The van der Waals surface area contributed by atoms with E-state index in [1.165, 1.54) is 24.0 Å². The topological polar surface area (TPSA) is 32.3 Å². The van der Waals surface area contributed by atoms with Crippen molar-refractivity contribution in [1.29, 1.82) is 0 Å². The molecule has 0 bridgehead atoms. The molecule has 0 heterocycles. The van der Waals surface area contributed by atoms with Crippen molar-refractivity contribution < 1.29 is 5.11 Å². The van der Waals surface area contributed by atoms with E-state index in [1.807, 2.05) is 0 Å². The standard InChI is InChI=1S/C15H23NO/c1-11-4-3-5-13(8-11)14-9-15(10-14)16-12(2)6-7-17/h3-5,8,12,14-17H,6-7,9-10H2,1-2H3. The summed E-state index contributed by atoms with van der Waals surface area (Å²) in [5.74, 6) is 0.730. The number of hydrogen-bond donors (Lipinski definition) is 2. The molecule has 0 radical (unpaired) electrons. The Balaban J connectivity index is 1.79. The Morgan fingerprint density at radius 1 is 1.41 bits per heavy atom. The molecule has 2 N–H and O–H groups in total. The van der Waals surface area contributed by atoms with Gasteiger partial charge in [-0.15, -0.1) is 0 Å². The minimum Gasteiger partial charge on any atom is -0.396 e. The molecular formula is C15H23NO. The highest BCUT2D eigenvalue weighted by Crippen LogP contribution is 2.37. The van der Waals surface area contributed by atoms with Gasteiger partial charge in [0, 0.05) is 18.7 Å². The third-order valence-electron chi connectivity index (χ3n) is 3.73. The second-order valence-corrected chi connectivity index (χ2v) is 5.36. The summed E-state index contributed by atoms with van der Waals surface area (Å²) in [6.45, 7) is 4.58. The van der Waals surface area contributed by atoms with E-state index in [0.717, 1.165) is 12.3 Å². The average molecular weight is 233 g/mol. The highest BCUT2D eigenvalue weighted by atomic mass is 16.3. The molecular weight excluding hydrogens is 210 g/mol. The van der Waals surface area contributed by atoms with Crippen molar-refractivity contribution in [2.45, 2.75) is 51.1 Å². The van der Waals surface area contributed by atoms with Crippen LogP contribution in [0.4, 0.5) is 0 Å². The van der Waals surface area contributed by atoms with Gasteiger partial charge < -0.3 is 10.4 Å². The van der Waals surface area contributed by atoms with Crippen molar-refractivity contribution >= 4 is 0 Å². The molecule has 1 aromatic carbocycles. The summed E-state index contributed by atoms with van der Waals surface area (Å²) in [5, 5.41) is 12.4. The van der Waals surface area contributed by atoms with Crippen molar-refractivity contribution in [2.75, 3.05) is 6.61 Å². The fourth-order valence-corrected chi connectivity index (χ4v) is 2.63. The number of aliphatic hydroxyl groups excluding tert-OH is 1. The Labute approximate surface area is 104 Å². The normalized spacial score (nSPS) is 25.4. The fraction of sp³-hybridized carbons (Fsp3) is 0.600. The minimum absolute atomic E-state index is 0.280. The molecule has 1 saturated carbocycles. The van der Waals surface area contributed by atoms with Crippen LogP contribution in [0.3, 0.4) is 0 Å². The second-order valence-electron chi connectivity index (χ2n) is 5.36. The molecule has 2 nitrogen and oxygen atoms in total. The summed E-state index contributed by atoms with van der Waals surface area (Å²) in [4.78, 5) is 0. The van der Waals surface area contributed by atoms with Crippen LogP contribution < -0.4 is 5.32 Å². The van der Waals surface area contributed by atoms with Gasteiger partial charge in [-0.1, -0.05) is 29.8 Å². The Bertz CT molecular complexity index is 358. The van der Waals surface area contributed by atoms with E-state index in [1.54, 1.807) is 0 Å². The summed E-state index contributed by atoms with van der Waals surface area (Å²) in [5.41, 5.74) is 2.84. The minimum atomic E-state index is 0.280. The first-order valence-electron chi connectivity index (χ1n) is 6.62. The van der Waals surface area contributed by atoms with Gasteiger partial charge in [-0.05, 0) is 44.6 Å². The van der Waals surface area contributed by atoms with Crippen LogP contribution in [0, 0.1) is 6.92 Å². The first-order chi connectivity index (χ1) is 8.19. The summed E-state index contributed by atoms with van der Waals surface area (Å²) in [6, 6.07) is 9.93. The van der Waals surface area contributed by atoms with Crippen molar-refractivity contribution in [1.82, 2.24) is 5.32 Å². The number of hydrogen-bond acceptors (Lipinski definition) is 2. The molecule has 0 aliphatic heterocycles. The third-order valence-corrected chi connectivity index (χ3v) is 3.73. The largest absolute Gasteiger partial charge is 0.396 e. The molecule has 1 aliphatic carbocycles. The maximum Gasteiger partial charge on any atom is 0.0445 e. The first kappa shape index (κ1) is 12.6. The zero-order chi connectivity index (χ0) is 12.3. The van der Waals surface area contributed by atoms with Crippen LogP contribution in [0.2, 0.25) is 0 Å². The van der Waals surface area contributed by atoms with Crippen molar-refractivity contribution in [3.8, 4) is 0 Å². The highest BCUT2D eigenvalue weighted by Gasteiger charge is 2.30. The number of nitrogens with one attached hydrogen (secondary N) is 1. The van der Waals surface area contributed by atoms with Gasteiger partial charge in [-0.25, -0.2) is 0 Å². The molecule has 1 fully saturated rings. The summed E-state index contributed by atoms with van der Waals surface area (Å²) in [6.07, 6.45) is 3.32. The van der Waals surface area contributed by atoms with Crippen LogP contribution in [0.1, 0.15) is 43.2 Å². The number of rotatable bonds is 5. The van der Waals surface area contributed by atoms with E-state index in [4.69, 9.17) is 5.11 Å². The monoisotopic (exact) mass is 233 g/mol. The lowest BCUT2D eigenvalue weighted by atomic mass is 9.75. The molecule has 2 rings (SSSR count). The number of aliphatic hydroxyl groups is 1. The lowest BCUT2D eigenvalue weighted by Crippen LogP contribution is -2.44. The lowest BCUT2D eigenvalue weighted by Gasteiger charge is -2.38. The van der Waals surface area contributed by atoms with Gasteiger partial charge in [0.05, 0.1) is 0 Å². The van der Waals surface area contributed by atoms with Gasteiger partial charge in [0.25, 0.3) is 0 Å². The van der Waals surface area contributed by atoms with Crippen LogP contribution in [-0.4, -0.2) is 23.8 Å². The van der Waals surface area contributed by atoms with Crippen LogP contribution in [0.15, 0.2) is 24.3 Å². The first-order valence-corrected chi connectivity index (χ1v) is 6.62. The highest BCUT2D eigenvalue weighted by molar-refractivity contribution is 5.27. The van der Waals surface area contributed by atoms with Gasteiger partial charge >= 0.3 is 0 Å². The van der Waals surface area contributed by atoms with Gasteiger partial charge in [0.2, 0.25) is 0 Å².